The second-order valence-electron chi connectivity index (χ2n) is 6.05. The number of ketones is 1. The summed E-state index contributed by atoms with van der Waals surface area (Å²) in [5, 5.41) is 0. The molecule has 2 aliphatic rings. The van der Waals surface area contributed by atoms with Gasteiger partial charge in [0.25, 0.3) is 10.0 Å². The van der Waals surface area contributed by atoms with Crippen molar-refractivity contribution < 1.29 is 13.2 Å². The van der Waals surface area contributed by atoms with Crippen molar-refractivity contribution >= 4 is 21.5 Å². The largest absolute Gasteiger partial charge is 0.294 e. The number of fused-ring (bicyclic) bond motifs is 2. The van der Waals surface area contributed by atoms with E-state index >= 15 is 0 Å². The Morgan fingerprint density at radius 2 is 1.70 bits per heavy atom. The highest BCUT2D eigenvalue weighted by Crippen LogP contribution is 2.33. The van der Waals surface area contributed by atoms with Crippen molar-refractivity contribution in [2.75, 3.05) is 10.8 Å². The monoisotopic (exact) mass is 327 g/mol. The minimum atomic E-state index is -3.64. The van der Waals surface area contributed by atoms with Crippen molar-refractivity contribution in [3.8, 4) is 0 Å². The Hall–Kier alpha value is -2.14. The van der Waals surface area contributed by atoms with Crippen LogP contribution in [0.4, 0.5) is 5.69 Å². The normalized spacial score (nSPS) is 17.0. The van der Waals surface area contributed by atoms with Gasteiger partial charge >= 0.3 is 0 Å². The maximum absolute atomic E-state index is 13.1. The molecule has 1 aliphatic heterocycles. The van der Waals surface area contributed by atoms with Crippen LogP contribution < -0.4 is 4.31 Å². The number of hydrogen-bond donors (Lipinski definition) is 0. The Labute approximate surface area is 135 Å². The average molecular weight is 327 g/mol. The Morgan fingerprint density at radius 1 is 0.913 bits per heavy atom. The summed E-state index contributed by atoms with van der Waals surface area (Å²) in [4.78, 5) is 12.3. The maximum Gasteiger partial charge on any atom is 0.264 e. The van der Waals surface area contributed by atoms with Crippen molar-refractivity contribution in [1.29, 1.82) is 0 Å². The van der Waals surface area contributed by atoms with Gasteiger partial charge in [-0.1, -0.05) is 18.2 Å². The van der Waals surface area contributed by atoms with Crippen molar-refractivity contribution in [3.63, 3.8) is 0 Å². The number of aryl methyl sites for hydroxylation is 2. The lowest BCUT2D eigenvalue weighted by atomic mass is 10.0. The first-order valence-corrected chi connectivity index (χ1v) is 9.28. The lowest BCUT2D eigenvalue weighted by Gasteiger charge is -2.29. The van der Waals surface area contributed by atoms with Gasteiger partial charge < -0.3 is 0 Å². The molecule has 0 bridgehead atoms. The highest BCUT2D eigenvalue weighted by Gasteiger charge is 2.32. The third-order valence-corrected chi connectivity index (χ3v) is 6.48. The molecule has 0 spiro atoms. The van der Waals surface area contributed by atoms with Gasteiger partial charge in [0, 0.05) is 18.5 Å². The Morgan fingerprint density at radius 3 is 2.57 bits per heavy atom. The van der Waals surface area contributed by atoms with Crippen LogP contribution in [0.5, 0.6) is 0 Å². The number of benzene rings is 2. The van der Waals surface area contributed by atoms with E-state index in [-0.39, 0.29) is 18.7 Å². The molecule has 0 aromatic heterocycles. The average Bonchev–Trinajstić information content (AvgIpc) is 3.03. The van der Waals surface area contributed by atoms with E-state index in [4.69, 9.17) is 0 Å². The van der Waals surface area contributed by atoms with Gasteiger partial charge in [-0.3, -0.25) is 9.10 Å². The molecule has 0 fully saturated rings. The third kappa shape index (κ3) is 2.27. The molecule has 2 aromatic carbocycles. The standard InChI is InChI=1S/C18H17NO3S/c20-18-10-11-19(17-7-2-1-6-16(17)18)23(21,22)15-9-8-13-4-3-5-14(13)12-15/h1-2,6-9,12H,3-5,10-11H2. The molecule has 1 heterocycles. The number of carbonyl (C=O) groups excluding carboxylic acids is 1. The number of Topliss-reactive ketones (excluding diaryl/α,β-unsaturated/α-hetero) is 1. The Balaban J connectivity index is 1.81. The minimum absolute atomic E-state index is 0.000929. The second-order valence-corrected chi connectivity index (χ2v) is 7.91. The molecule has 0 atom stereocenters. The highest BCUT2D eigenvalue weighted by molar-refractivity contribution is 7.92. The van der Waals surface area contributed by atoms with Crippen molar-refractivity contribution in [3.05, 3.63) is 59.2 Å². The van der Waals surface area contributed by atoms with Crippen LogP contribution in [0.25, 0.3) is 0 Å². The number of nitrogens with zero attached hydrogens (tertiary/aromatic N) is 1. The molecule has 2 aromatic rings. The molecule has 0 saturated heterocycles. The molecule has 4 nitrogen and oxygen atoms in total. The predicted octanol–water partition coefficient (Wildman–Crippen LogP) is 2.96. The molecule has 0 radical (unpaired) electrons. The first kappa shape index (κ1) is 14.5. The molecule has 0 amide bonds. The quantitative estimate of drug-likeness (QED) is 0.852. The van der Waals surface area contributed by atoms with Crippen LogP contribution >= 0.6 is 0 Å². The van der Waals surface area contributed by atoms with E-state index in [2.05, 4.69) is 0 Å². The fourth-order valence-corrected chi connectivity index (χ4v) is 5.01. The fraction of sp³-hybridized carbons (Fsp3) is 0.278. The lowest BCUT2D eigenvalue weighted by molar-refractivity contribution is 0.0982. The van der Waals surface area contributed by atoms with Crippen LogP contribution in [-0.2, 0) is 22.9 Å². The van der Waals surface area contributed by atoms with Gasteiger partial charge in [-0.25, -0.2) is 8.42 Å². The predicted molar refractivity (Wildman–Crippen MR) is 88.4 cm³/mol. The summed E-state index contributed by atoms with van der Waals surface area (Å²) in [6.07, 6.45) is 3.27. The van der Waals surface area contributed by atoms with Crippen LogP contribution in [0.15, 0.2) is 47.4 Å². The summed E-state index contributed by atoms with van der Waals surface area (Å²) < 4.78 is 27.5. The van der Waals surface area contributed by atoms with E-state index < -0.39 is 10.0 Å². The fourth-order valence-electron chi connectivity index (χ4n) is 3.47. The van der Waals surface area contributed by atoms with Crippen LogP contribution in [0.2, 0.25) is 0 Å². The summed E-state index contributed by atoms with van der Waals surface area (Å²) in [5.41, 5.74) is 3.36. The minimum Gasteiger partial charge on any atom is -0.294 e. The molecular formula is C18H17NO3S. The lowest BCUT2D eigenvalue weighted by Crippen LogP contribution is -2.37. The van der Waals surface area contributed by atoms with Crippen LogP contribution in [-0.4, -0.2) is 20.7 Å². The van der Waals surface area contributed by atoms with E-state index in [0.717, 1.165) is 24.8 Å². The number of sulfonamides is 1. The summed E-state index contributed by atoms with van der Waals surface area (Å²) in [7, 11) is -3.64. The number of carbonyl (C=O) groups is 1. The van der Waals surface area contributed by atoms with E-state index in [0.29, 0.717) is 16.1 Å². The number of anilines is 1. The maximum atomic E-state index is 13.1. The zero-order valence-corrected chi connectivity index (χ0v) is 13.5. The van der Waals surface area contributed by atoms with Gasteiger partial charge in [-0.15, -0.1) is 0 Å². The van der Waals surface area contributed by atoms with Crippen LogP contribution in [0.1, 0.15) is 34.3 Å². The van der Waals surface area contributed by atoms with Gasteiger partial charge in [0.15, 0.2) is 5.78 Å². The van der Waals surface area contributed by atoms with Crippen LogP contribution in [0.3, 0.4) is 0 Å². The van der Waals surface area contributed by atoms with E-state index in [9.17, 15) is 13.2 Å². The topological polar surface area (TPSA) is 54.5 Å². The van der Waals surface area contributed by atoms with E-state index in [1.165, 1.54) is 9.87 Å². The van der Waals surface area contributed by atoms with Crippen molar-refractivity contribution in [2.45, 2.75) is 30.6 Å². The summed E-state index contributed by atoms with van der Waals surface area (Å²) in [6, 6.07) is 12.4. The Bertz CT molecular complexity index is 902. The van der Waals surface area contributed by atoms with Crippen LogP contribution in [0, 0.1) is 0 Å². The molecule has 23 heavy (non-hydrogen) atoms. The van der Waals surface area contributed by atoms with Gasteiger partial charge in [0.1, 0.15) is 0 Å². The summed E-state index contributed by atoms with van der Waals surface area (Å²) in [6.45, 7) is 0.204. The summed E-state index contributed by atoms with van der Waals surface area (Å²) >= 11 is 0. The number of para-hydroxylation sites is 1. The molecule has 0 unspecified atom stereocenters. The second kappa shape index (κ2) is 5.20. The van der Waals surface area contributed by atoms with Gasteiger partial charge in [0.2, 0.25) is 0 Å². The first-order valence-electron chi connectivity index (χ1n) is 7.84. The van der Waals surface area contributed by atoms with E-state index in [1.807, 2.05) is 6.07 Å². The zero-order chi connectivity index (χ0) is 16.0. The molecule has 5 heteroatoms. The smallest absolute Gasteiger partial charge is 0.264 e. The van der Waals surface area contributed by atoms with Crippen molar-refractivity contribution in [1.82, 2.24) is 0 Å². The molecular weight excluding hydrogens is 310 g/mol. The SMILES string of the molecule is O=C1CCN(S(=O)(=O)c2ccc3c(c2)CCC3)c2ccccc21. The zero-order valence-electron chi connectivity index (χ0n) is 12.7. The Kier molecular flexibility index (Phi) is 3.27. The number of rotatable bonds is 2. The first-order chi connectivity index (χ1) is 11.1. The summed E-state index contributed by atoms with van der Waals surface area (Å²) in [5.74, 6) is 0.000929. The van der Waals surface area contributed by atoms with Gasteiger partial charge in [-0.2, -0.15) is 0 Å². The van der Waals surface area contributed by atoms with E-state index in [1.54, 1.807) is 36.4 Å². The molecule has 0 saturated carbocycles. The van der Waals surface area contributed by atoms with Gasteiger partial charge in [-0.05, 0) is 54.7 Å². The number of hydrogen-bond acceptors (Lipinski definition) is 3. The highest BCUT2D eigenvalue weighted by atomic mass is 32.2. The molecule has 118 valence electrons. The molecule has 4 rings (SSSR count). The van der Waals surface area contributed by atoms with Gasteiger partial charge in [0.05, 0.1) is 10.6 Å². The van der Waals surface area contributed by atoms with Crippen molar-refractivity contribution in [2.24, 2.45) is 0 Å². The third-order valence-electron chi connectivity index (χ3n) is 4.67. The molecule has 0 N–H and O–H groups in total. The molecule has 1 aliphatic carbocycles.